The van der Waals surface area contributed by atoms with Gasteiger partial charge in [-0.1, -0.05) is 45.9 Å². The summed E-state index contributed by atoms with van der Waals surface area (Å²) in [5.74, 6) is 1.49. The van der Waals surface area contributed by atoms with Gasteiger partial charge in [0.15, 0.2) is 0 Å². The third kappa shape index (κ3) is 3.36. The largest absolute Gasteiger partial charge is 0.496 e. The number of methoxy groups -OCH3 is 1. The lowest BCUT2D eigenvalue weighted by atomic mass is 9.83. The Balaban J connectivity index is 3.17. The molecular weight excluding hydrogens is 208 g/mol. The van der Waals surface area contributed by atoms with Gasteiger partial charge in [-0.05, 0) is 34.9 Å². The van der Waals surface area contributed by atoms with Gasteiger partial charge >= 0.3 is 0 Å². The summed E-state index contributed by atoms with van der Waals surface area (Å²) in [5, 5.41) is 0. The number of rotatable bonds is 4. The first-order valence-corrected chi connectivity index (χ1v) is 6.19. The molecule has 0 radical (unpaired) electrons. The molecule has 0 fully saturated rings. The lowest BCUT2D eigenvalue weighted by Gasteiger charge is -2.24. The second-order valence-corrected chi connectivity index (χ2v) is 5.64. The molecule has 1 rings (SSSR count). The minimum absolute atomic E-state index is 0.106. The first-order valence-electron chi connectivity index (χ1n) is 6.19. The van der Waals surface area contributed by atoms with E-state index in [2.05, 4.69) is 52.5 Å². The smallest absolute Gasteiger partial charge is 0.122 e. The van der Waals surface area contributed by atoms with Crippen LogP contribution in [0.2, 0.25) is 0 Å². The van der Waals surface area contributed by atoms with E-state index in [-0.39, 0.29) is 5.41 Å². The third-order valence-corrected chi connectivity index (χ3v) is 3.12. The van der Waals surface area contributed by atoms with Gasteiger partial charge in [-0.25, -0.2) is 0 Å². The molecule has 1 unspecified atom stereocenters. The maximum absolute atomic E-state index is 5.45. The molecule has 0 bridgehead atoms. The molecule has 0 aromatic heterocycles. The van der Waals surface area contributed by atoms with Crippen LogP contribution in [-0.4, -0.2) is 7.11 Å². The second-order valence-electron chi connectivity index (χ2n) is 5.64. The zero-order chi connectivity index (χ0) is 13.1. The van der Waals surface area contributed by atoms with Gasteiger partial charge in [-0.3, -0.25) is 0 Å². The van der Waals surface area contributed by atoms with Crippen LogP contribution in [-0.2, 0) is 5.41 Å². The van der Waals surface area contributed by atoms with Crippen LogP contribution in [0.4, 0.5) is 0 Å². The van der Waals surface area contributed by atoms with E-state index in [0.717, 1.165) is 12.2 Å². The van der Waals surface area contributed by atoms with Gasteiger partial charge < -0.3 is 4.74 Å². The van der Waals surface area contributed by atoms with Crippen molar-refractivity contribution in [2.75, 3.05) is 7.11 Å². The van der Waals surface area contributed by atoms with Gasteiger partial charge in [-0.15, -0.1) is 6.58 Å². The molecule has 94 valence electrons. The summed E-state index contributed by atoms with van der Waals surface area (Å²) < 4.78 is 5.45. The van der Waals surface area contributed by atoms with Crippen molar-refractivity contribution < 1.29 is 4.74 Å². The highest BCUT2D eigenvalue weighted by Crippen LogP contribution is 2.34. The van der Waals surface area contributed by atoms with E-state index in [4.69, 9.17) is 4.74 Å². The topological polar surface area (TPSA) is 9.23 Å². The minimum atomic E-state index is 0.106. The molecule has 0 saturated carbocycles. The summed E-state index contributed by atoms with van der Waals surface area (Å²) in [7, 11) is 1.73. The minimum Gasteiger partial charge on any atom is -0.496 e. The number of allylic oxidation sites excluding steroid dienone is 1. The van der Waals surface area contributed by atoms with Crippen LogP contribution in [0.15, 0.2) is 30.9 Å². The van der Waals surface area contributed by atoms with E-state index in [1.165, 1.54) is 11.1 Å². The highest BCUT2D eigenvalue weighted by atomic mass is 16.5. The predicted octanol–water partition coefficient (Wildman–Crippen LogP) is 4.67. The lowest BCUT2D eigenvalue weighted by Crippen LogP contribution is -2.13. The Morgan fingerprint density at radius 2 is 2.00 bits per heavy atom. The quantitative estimate of drug-likeness (QED) is 0.685. The zero-order valence-corrected chi connectivity index (χ0v) is 11.7. The van der Waals surface area contributed by atoms with Crippen molar-refractivity contribution in [2.24, 2.45) is 0 Å². The summed E-state index contributed by atoms with van der Waals surface area (Å²) >= 11 is 0. The number of benzene rings is 1. The fourth-order valence-corrected chi connectivity index (χ4v) is 2.00. The molecule has 17 heavy (non-hydrogen) atoms. The Kier molecular flexibility index (Phi) is 4.39. The molecule has 0 spiro atoms. The van der Waals surface area contributed by atoms with E-state index >= 15 is 0 Å². The van der Waals surface area contributed by atoms with Gasteiger partial charge in [0.25, 0.3) is 0 Å². The molecule has 0 amide bonds. The van der Waals surface area contributed by atoms with Crippen molar-refractivity contribution in [1.29, 1.82) is 0 Å². The van der Waals surface area contributed by atoms with Crippen molar-refractivity contribution in [1.82, 2.24) is 0 Å². The van der Waals surface area contributed by atoms with Crippen LogP contribution < -0.4 is 4.74 Å². The summed E-state index contributed by atoms with van der Waals surface area (Å²) in [4.78, 5) is 0. The Morgan fingerprint density at radius 1 is 1.35 bits per heavy atom. The Hall–Kier alpha value is -1.24. The molecule has 1 aromatic rings. The average molecular weight is 232 g/mol. The highest BCUT2D eigenvalue weighted by molar-refractivity contribution is 5.42. The number of hydrogen-bond acceptors (Lipinski definition) is 1. The summed E-state index contributed by atoms with van der Waals surface area (Å²) in [5.41, 5.74) is 2.74. The Labute approximate surface area is 106 Å². The highest BCUT2D eigenvalue weighted by Gasteiger charge is 2.20. The van der Waals surface area contributed by atoms with Crippen LogP contribution >= 0.6 is 0 Å². The van der Waals surface area contributed by atoms with Gasteiger partial charge in [0.05, 0.1) is 7.11 Å². The Morgan fingerprint density at radius 3 is 2.47 bits per heavy atom. The van der Waals surface area contributed by atoms with Crippen molar-refractivity contribution in [3.8, 4) is 5.75 Å². The molecule has 0 aliphatic rings. The zero-order valence-electron chi connectivity index (χ0n) is 11.7. The second kappa shape index (κ2) is 5.39. The third-order valence-electron chi connectivity index (χ3n) is 3.12. The van der Waals surface area contributed by atoms with Crippen LogP contribution in [0.5, 0.6) is 5.75 Å². The van der Waals surface area contributed by atoms with Gasteiger partial charge in [0, 0.05) is 0 Å². The SMILES string of the molecule is C=CCC(C)c1ccc(OC)c(C(C)(C)C)c1. The van der Waals surface area contributed by atoms with Gasteiger partial charge in [0.1, 0.15) is 5.75 Å². The lowest BCUT2D eigenvalue weighted by molar-refractivity contribution is 0.397. The number of ether oxygens (including phenoxy) is 1. The normalized spacial score (nSPS) is 13.2. The van der Waals surface area contributed by atoms with Crippen molar-refractivity contribution in [3.63, 3.8) is 0 Å². The van der Waals surface area contributed by atoms with Gasteiger partial charge in [0.2, 0.25) is 0 Å². The van der Waals surface area contributed by atoms with E-state index in [0.29, 0.717) is 5.92 Å². The molecule has 0 aliphatic carbocycles. The van der Waals surface area contributed by atoms with E-state index in [9.17, 15) is 0 Å². The molecule has 1 aromatic carbocycles. The molecule has 1 nitrogen and oxygen atoms in total. The molecule has 1 heteroatoms. The van der Waals surface area contributed by atoms with Crippen molar-refractivity contribution in [3.05, 3.63) is 42.0 Å². The van der Waals surface area contributed by atoms with Crippen LogP contribution in [0.1, 0.15) is 51.2 Å². The maximum Gasteiger partial charge on any atom is 0.122 e. The van der Waals surface area contributed by atoms with Crippen molar-refractivity contribution in [2.45, 2.75) is 45.4 Å². The Bertz CT molecular complexity index is 385. The first kappa shape index (κ1) is 13.8. The van der Waals surface area contributed by atoms with E-state index in [1.54, 1.807) is 7.11 Å². The fourth-order valence-electron chi connectivity index (χ4n) is 2.00. The molecule has 0 saturated heterocycles. The monoisotopic (exact) mass is 232 g/mol. The molecular formula is C16H24O. The summed E-state index contributed by atoms with van der Waals surface area (Å²) in [6.45, 7) is 12.7. The predicted molar refractivity (Wildman–Crippen MR) is 74.9 cm³/mol. The molecule has 0 aliphatic heterocycles. The molecule has 0 N–H and O–H groups in total. The summed E-state index contributed by atoms with van der Waals surface area (Å²) in [6, 6.07) is 6.50. The van der Waals surface area contributed by atoms with E-state index < -0.39 is 0 Å². The van der Waals surface area contributed by atoms with Crippen LogP contribution in [0.25, 0.3) is 0 Å². The average Bonchev–Trinajstić information content (AvgIpc) is 2.27. The fraction of sp³-hybridized carbons (Fsp3) is 0.500. The maximum atomic E-state index is 5.45. The van der Waals surface area contributed by atoms with Crippen LogP contribution in [0.3, 0.4) is 0 Å². The van der Waals surface area contributed by atoms with Crippen LogP contribution in [0, 0.1) is 0 Å². The molecule has 1 atom stereocenters. The van der Waals surface area contributed by atoms with E-state index in [1.807, 2.05) is 6.08 Å². The first-order chi connectivity index (χ1) is 7.90. The number of hydrogen-bond donors (Lipinski definition) is 0. The molecule has 0 heterocycles. The van der Waals surface area contributed by atoms with Crippen molar-refractivity contribution >= 4 is 0 Å². The van der Waals surface area contributed by atoms with Gasteiger partial charge in [-0.2, -0.15) is 0 Å². The summed E-state index contributed by atoms with van der Waals surface area (Å²) in [6.07, 6.45) is 2.99. The standard InChI is InChI=1S/C16H24O/c1-7-8-12(2)13-9-10-15(17-6)14(11-13)16(3,4)5/h7,9-12H,1,8H2,2-6H3.